The number of phenols is 1. The van der Waals surface area contributed by atoms with Crippen LogP contribution < -0.4 is 4.74 Å². The summed E-state index contributed by atoms with van der Waals surface area (Å²) in [7, 11) is 0. The van der Waals surface area contributed by atoms with Crippen molar-refractivity contribution in [2.45, 2.75) is 19.4 Å². The second-order valence-electron chi connectivity index (χ2n) is 8.24. The quantitative estimate of drug-likeness (QED) is 0.284. The lowest BCUT2D eigenvalue weighted by Gasteiger charge is -2.27. The maximum Gasteiger partial charge on any atom is 0.228 e. The molecule has 35 heavy (non-hydrogen) atoms. The van der Waals surface area contributed by atoms with E-state index in [2.05, 4.69) is 27.4 Å². The summed E-state index contributed by atoms with van der Waals surface area (Å²) in [6.45, 7) is 2.01. The fraction of sp³-hybridized carbons (Fsp3) is 0.111. The van der Waals surface area contributed by atoms with Gasteiger partial charge in [0.05, 0.1) is 11.3 Å². The molecule has 3 heterocycles. The number of aromatic hydroxyl groups is 1. The van der Waals surface area contributed by atoms with Crippen molar-refractivity contribution in [2.24, 2.45) is 5.16 Å². The average Bonchev–Trinajstić information content (AvgIpc) is 3.31. The number of hydrogen-bond acceptors (Lipinski definition) is 7. The van der Waals surface area contributed by atoms with Crippen LogP contribution in [0.3, 0.4) is 0 Å². The third-order valence-corrected chi connectivity index (χ3v) is 5.95. The lowest BCUT2D eigenvalue weighted by molar-refractivity contribution is 0.125. The molecule has 0 fully saturated rings. The Labute approximate surface area is 201 Å². The van der Waals surface area contributed by atoms with Gasteiger partial charge >= 0.3 is 0 Å². The number of nitrogens with zero attached hydrogens (tertiary/aromatic N) is 5. The molecule has 0 bridgehead atoms. The summed E-state index contributed by atoms with van der Waals surface area (Å²) in [4.78, 5) is 14.8. The van der Waals surface area contributed by atoms with Gasteiger partial charge in [-0.2, -0.15) is 0 Å². The number of hydrogen-bond donors (Lipinski definition) is 1. The van der Waals surface area contributed by atoms with E-state index in [0.717, 1.165) is 28.0 Å². The summed E-state index contributed by atoms with van der Waals surface area (Å²) in [6.07, 6.45) is 1.57. The Morgan fingerprint density at radius 3 is 2.63 bits per heavy atom. The van der Waals surface area contributed by atoms with Crippen LogP contribution in [0.2, 0.25) is 0 Å². The van der Waals surface area contributed by atoms with Gasteiger partial charge in [0.1, 0.15) is 17.8 Å². The number of oxime groups is 1. The van der Waals surface area contributed by atoms with Gasteiger partial charge in [-0.1, -0.05) is 71.9 Å². The van der Waals surface area contributed by atoms with E-state index >= 15 is 0 Å². The van der Waals surface area contributed by atoms with Gasteiger partial charge in [0.25, 0.3) is 0 Å². The largest absolute Gasteiger partial charge is 0.508 e. The molecule has 1 N–H and O–H groups in total. The van der Waals surface area contributed by atoms with Crippen LogP contribution in [0.25, 0.3) is 5.65 Å². The molecule has 0 spiro atoms. The molecule has 0 amide bonds. The highest BCUT2D eigenvalue weighted by Gasteiger charge is 2.33. The molecule has 0 aliphatic carbocycles. The maximum atomic E-state index is 10.0. The van der Waals surface area contributed by atoms with Crippen molar-refractivity contribution < 1.29 is 14.7 Å². The molecule has 1 aliphatic rings. The first kappa shape index (κ1) is 20.9. The van der Waals surface area contributed by atoms with Gasteiger partial charge < -0.3 is 14.7 Å². The zero-order chi connectivity index (χ0) is 23.8. The van der Waals surface area contributed by atoms with E-state index in [4.69, 9.17) is 14.6 Å². The van der Waals surface area contributed by atoms with Crippen LogP contribution in [0.15, 0.2) is 90.3 Å². The molecule has 1 atom stereocenters. The van der Waals surface area contributed by atoms with Crippen LogP contribution >= 0.6 is 0 Å². The van der Waals surface area contributed by atoms with Crippen molar-refractivity contribution in [2.75, 3.05) is 0 Å². The van der Waals surface area contributed by atoms with Crippen molar-refractivity contribution in [1.29, 1.82) is 0 Å². The lowest BCUT2D eigenvalue weighted by Crippen LogP contribution is -2.14. The summed E-state index contributed by atoms with van der Waals surface area (Å²) in [5.74, 6) is 1.42. The number of aromatic nitrogens is 4. The summed E-state index contributed by atoms with van der Waals surface area (Å²) in [6, 6.07) is 25.0. The van der Waals surface area contributed by atoms with Gasteiger partial charge in [-0.15, -0.1) is 5.10 Å². The number of phenolic OH excluding ortho intramolecular Hbond substituents is 1. The molecule has 0 saturated carbocycles. The van der Waals surface area contributed by atoms with Crippen LogP contribution in [-0.2, 0) is 11.4 Å². The monoisotopic (exact) mass is 463 g/mol. The van der Waals surface area contributed by atoms with E-state index in [1.165, 1.54) is 0 Å². The second-order valence-corrected chi connectivity index (χ2v) is 8.24. The van der Waals surface area contributed by atoms with Gasteiger partial charge in [0.15, 0.2) is 18.1 Å². The van der Waals surface area contributed by atoms with Gasteiger partial charge in [0.2, 0.25) is 5.88 Å². The number of fused-ring (bicyclic) bond motifs is 4. The first-order valence-electron chi connectivity index (χ1n) is 11.2. The molecule has 6 rings (SSSR count). The standard InChI is InChI=1S/C27H21N5O3/c1-17(18-8-4-2-5-9-18)31-34-15-23-29-26-25-24(19-10-6-3-7-11-19)21-13-12-20(33)14-22(21)35-27(25)28-16-32(26)30-23/h2-14,16,24,33H,15H2,1H3/b31-17-. The molecule has 1 aliphatic heterocycles. The normalized spacial score (nSPS) is 14.8. The number of rotatable bonds is 5. The van der Waals surface area contributed by atoms with Crippen molar-refractivity contribution in [3.63, 3.8) is 0 Å². The first-order chi connectivity index (χ1) is 17.2. The predicted octanol–water partition coefficient (Wildman–Crippen LogP) is 5.06. The Balaban J connectivity index is 1.38. The SMILES string of the molecule is C/C(=N/OCc1nc2c3c(ncn2n1)Oc1cc(O)ccc1C3c1ccccc1)c1ccccc1. The third-order valence-electron chi connectivity index (χ3n) is 5.95. The van der Waals surface area contributed by atoms with E-state index in [1.807, 2.05) is 61.5 Å². The molecule has 0 saturated heterocycles. The smallest absolute Gasteiger partial charge is 0.228 e. The highest BCUT2D eigenvalue weighted by Crippen LogP contribution is 2.48. The highest BCUT2D eigenvalue weighted by atomic mass is 16.6. The second kappa shape index (κ2) is 8.57. The Morgan fingerprint density at radius 1 is 1.06 bits per heavy atom. The van der Waals surface area contributed by atoms with Crippen LogP contribution in [0.5, 0.6) is 17.4 Å². The Bertz CT molecular complexity index is 1550. The average molecular weight is 463 g/mol. The van der Waals surface area contributed by atoms with E-state index in [1.54, 1.807) is 23.0 Å². The van der Waals surface area contributed by atoms with Crippen LogP contribution in [0.1, 0.15) is 40.9 Å². The van der Waals surface area contributed by atoms with Crippen molar-refractivity contribution in [1.82, 2.24) is 19.6 Å². The first-order valence-corrected chi connectivity index (χ1v) is 11.2. The van der Waals surface area contributed by atoms with Crippen LogP contribution in [-0.4, -0.2) is 30.4 Å². The van der Waals surface area contributed by atoms with Gasteiger partial charge in [-0.25, -0.2) is 14.5 Å². The molecule has 0 radical (unpaired) electrons. The topological polar surface area (TPSA) is 94.1 Å². The van der Waals surface area contributed by atoms with E-state index in [-0.39, 0.29) is 18.3 Å². The molecule has 1 unspecified atom stereocenters. The van der Waals surface area contributed by atoms with Gasteiger partial charge in [0, 0.05) is 17.5 Å². The van der Waals surface area contributed by atoms with Crippen molar-refractivity contribution >= 4 is 11.4 Å². The minimum absolute atomic E-state index is 0.113. The zero-order valence-corrected chi connectivity index (χ0v) is 18.9. The Morgan fingerprint density at radius 2 is 1.83 bits per heavy atom. The van der Waals surface area contributed by atoms with Crippen molar-refractivity contribution in [3.05, 3.63) is 113 Å². The predicted molar refractivity (Wildman–Crippen MR) is 130 cm³/mol. The number of ether oxygens (including phenoxy) is 1. The zero-order valence-electron chi connectivity index (χ0n) is 18.9. The third kappa shape index (κ3) is 3.85. The van der Waals surface area contributed by atoms with E-state index in [9.17, 15) is 5.11 Å². The maximum absolute atomic E-state index is 10.0. The minimum Gasteiger partial charge on any atom is -0.508 e. The Hall–Kier alpha value is -4.72. The molecule has 8 heteroatoms. The van der Waals surface area contributed by atoms with Crippen molar-refractivity contribution in [3.8, 4) is 17.4 Å². The molecule has 2 aromatic heterocycles. The van der Waals surface area contributed by atoms with Crippen LogP contribution in [0, 0.1) is 0 Å². The fourth-order valence-corrected chi connectivity index (χ4v) is 4.32. The molecule has 5 aromatic rings. The van der Waals surface area contributed by atoms with Gasteiger partial charge in [-0.05, 0) is 24.1 Å². The summed E-state index contributed by atoms with van der Waals surface area (Å²) in [5.41, 5.74) is 5.17. The summed E-state index contributed by atoms with van der Waals surface area (Å²) in [5, 5.41) is 18.8. The molecular formula is C27H21N5O3. The number of benzene rings is 3. The van der Waals surface area contributed by atoms with Crippen LogP contribution in [0.4, 0.5) is 0 Å². The highest BCUT2D eigenvalue weighted by molar-refractivity contribution is 5.98. The van der Waals surface area contributed by atoms with E-state index in [0.29, 0.717) is 23.1 Å². The summed E-state index contributed by atoms with van der Waals surface area (Å²) < 4.78 is 7.72. The van der Waals surface area contributed by atoms with E-state index < -0.39 is 0 Å². The lowest BCUT2D eigenvalue weighted by atomic mass is 9.84. The molecule has 8 nitrogen and oxygen atoms in total. The molecular weight excluding hydrogens is 442 g/mol. The summed E-state index contributed by atoms with van der Waals surface area (Å²) >= 11 is 0. The Kier molecular flexibility index (Phi) is 5.11. The minimum atomic E-state index is -0.192. The fourth-order valence-electron chi connectivity index (χ4n) is 4.32. The molecule has 3 aromatic carbocycles. The van der Waals surface area contributed by atoms with Gasteiger partial charge in [-0.3, -0.25) is 0 Å². The molecule has 172 valence electrons.